The van der Waals surface area contributed by atoms with Gasteiger partial charge in [-0.15, -0.1) is 13.2 Å². The number of ketones is 1. The topological polar surface area (TPSA) is 116 Å². The van der Waals surface area contributed by atoms with Gasteiger partial charge >= 0.3 is 6.36 Å². The van der Waals surface area contributed by atoms with Crippen LogP contribution < -0.4 is 10.1 Å². The van der Waals surface area contributed by atoms with Gasteiger partial charge in [0.1, 0.15) is 5.75 Å². The average Bonchev–Trinajstić information content (AvgIpc) is 2.79. The Bertz CT molecular complexity index is 1410. The van der Waals surface area contributed by atoms with Crippen molar-refractivity contribution >= 4 is 38.6 Å². The monoisotopic (exact) mass is 540 g/mol. The molecule has 0 saturated carbocycles. The summed E-state index contributed by atoms with van der Waals surface area (Å²) in [5.41, 5.74) is -0.296. The molecule has 0 radical (unpaired) electrons. The molecule has 0 fully saturated rings. The van der Waals surface area contributed by atoms with Crippen LogP contribution in [0.2, 0.25) is 5.02 Å². The lowest BCUT2D eigenvalue weighted by Crippen LogP contribution is -2.16. The third-order valence-corrected chi connectivity index (χ3v) is 6.59. The molecule has 8 nitrogen and oxygen atoms in total. The molecule has 0 heterocycles. The molecule has 0 aromatic heterocycles. The van der Waals surface area contributed by atoms with Gasteiger partial charge in [-0.25, -0.2) is 8.42 Å². The number of anilines is 1. The zero-order chi connectivity index (χ0) is 26.5. The molecule has 0 atom stereocenters. The molecule has 0 unspecified atom stereocenters. The van der Waals surface area contributed by atoms with Gasteiger partial charge < -0.3 is 10.1 Å². The van der Waals surface area contributed by atoms with E-state index in [0.29, 0.717) is 10.7 Å². The molecule has 3 rings (SSSR count). The number of nitrogens with zero attached hydrogens (tertiary/aromatic N) is 1. The first-order valence-corrected chi connectivity index (χ1v) is 12.0. The minimum absolute atomic E-state index is 0.00567. The third-order valence-electron chi connectivity index (χ3n) is 4.65. The van der Waals surface area contributed by atoms with E-state index in [1.54, 1.807) is 0 Å². The fourth-order valence-corrected chi connectivity index (χ4v) is 4.51. The summed E-state index contributed by atoms with van der Waals surface area (Å²) in [5.74, 6) is -1.74. The fraction of sp³-hybridized carbons (Fsp3) is 0.0870. The second-order valence-corrected chi connectivity index (χ2v) is 9.65. The van der Waals surface area contributed by atoms with E-state index in [2.05, 4.69) is 10.1 Å². The quantitative estimate of drug-likeness (QED) is 0.155. The van der Waals surface area contributed by atoms with Crippen molar-refractivity contribution in [1.29, 1.82) is 0 Å². The van der Waals surface area contributed by atoms with E-state index < -0.39 is 44.1 Å². The number of sulfone groups is 1. The zero-order valence-corrected chi connectivity index (χ0v) is 19.6. The van der Waals surface area contributed by atoms with Gasteiger partial charge in [0.15, 0.2) is 15.6 Å². The molecule has 0 aliphatic rings. The first-order valence-electron chi connectivity index (χ1n) is 9.93. The summed E-state index contributed by atoms with van der Waals surface area (Å²) in [7, 11) is -3.98. The van der Waals surface area contributed by atoms with E-state index in [0.717, 1.165) is 30.3 Å². The smallest absolute Gasteiger partial charge is 0.406 e. The van der Waals surface area contributed by atoms with Crippen molar-refractivity contribution in [2.45, 2.75) is 17.0 Å². The van der Waals surface area contributed by atoms with Crippen molar-refractivity contribution in [2.75, 3.05) is 5.32 Å². The molecule has 0 aliphatic heterocycles. The summed E-state index contributed by atoms with van der Waals surface area (Å²) in [5, 5.41) is 14.4. The number of benzene rings is 3. The van der Waals surface area contributed by atoms with E-state index in [9.17, 15) is 36.5 Å². The number of carbonyl (C=O) groups excluding carboxylic acids is 1. The number of carbonyl (C=O) groups is 1. The molecule has 3 aromatic carbocycles. The highest BCUT2D eigenvalue weighted by atomic mass is 35.5. The molecule has 0 spiro atoms. The Morgan fingerprint density at radius 2 is 1.69 bits per heavy atom. The first-order chi connectivity index (χ1) is 16.8. The van der Waals surface area contributed by atoms with Gasteiger partial charge in [0.05, 0.1) is 15.6 Å². The number of alkyl halides is 3. The Kier molecular flexibility index (Phi) is 8.00. The number of nitro groups is 1. The van der Waals surface area contributed by atoms with Crippen molar-refractivity contribution in [3.63, 3.8) is 0 Å². The van der Waals surface area contributed by atoms with Crippen LogP contribution in [0, 0.1) is 10.1 Å². The number of hydrogen-bond donors (Lipinski definition) is 1. The number of halogens is 4. The minimum Gasteiger partial charge on any atom is -0.406 e. The number of nitrogens with one attached hydrogen (secondary N) is 1. The Morgan fingerprint density at radius 3 is 2.28 bits per heavy atom. The van der Waals surface area contributed by atoms with Gasteiger partial charge in [0.25, 0.3) is 5.69 Å². The van der Waals surface area contributed by atoms with Gasteiger partial charge in [0.2, 0.25) is 0 Å². The van der Waals surface area contributed by atoms with E-state index in [-0.39, 0.29) is 16.0 Å². The van der Waals surface area contributed by atoms with Gasteiger partial charge in [0, 0.05) is 40.2 Å². The average molecular weight is 541 g/mol. The van der Waals surface area contributed by atoms with Crippen molar-refractivity contribution in [2.24, 2.45) is 0 Å². The molecule has 0 saturated heterocycles. The molecule has 3 aromatic rings. The maximum Gasteiger partial charge on any atom is 0.573 e. The lowest BCUT2D eigenvalue weighted by atomic mass is 10.1. The van der Waals surface area contributed by atoms with Crippen molar-refractivity contribution < 1.29 is 36.0 Å². The molecule has 0 amide bonds. The molecule has 36 heavy (non-hydrogen) atoms. The molecule has 1 N–H and O–H groups in total. The molecular weight excluding hydrogens is 525 g/mol. The summed E-state index contributed by atoms with van der Waals surface area (Å²) in [6, 6.07) is 13.4. The Morgan fingerprint density at radius 1 is 1.06 bits per heavy atom. The van der Waals surface area contributed by atoms with Crippen LogP contribution in [0.15, 0.2) is 83.9 Å². The highest BCUT2D eigenvalue weighted by Crippen LogP contribution is 2.27. The van der Waals surface area contributed by atoms with Crippen LogP contribution in [0.4, 0.5) is 24.5 Å². The maximum atomic E-state index is 12.8. The summed E-state index contributed by atoms with van der Waals surface area (Å²) in [6.07, 6.45) is -2.52. The SMILES string of the molecule is O=C(/C=C/Nc1ccc(OC(F)(F)F)cc1)c1ccc([N+](=O)[O-])c(CS(=O)(=O)c2ccc(Cl)cc2)c1. The van der Waals surface area contributed by atoms with Crippen LogP contribution >= 0.6 is 11.6 Å². The van der Waals surface area contributed by atoms with Crippen molar-refractivity contribution in [3.05, 3.63) is 105 Å². The fourth-order valence-electron chi connectivity index (χ4n) is 3.03. The largest absolute Gasteiger partial charge is 0.573 e. The van der Waals surface area contributed by atoms with E-state index in [1.807, 2.05) is 0 Å². The van der Waals surface area contributed by atoms with Crippen LogP contribution in [0.1, 0.15) is 15.9 Å². The summed E-state index contributed by atoms with van der Waals surface area (Å²) < 4.78 is 65.9. The Labute approximate surface area is 208 Å². The normalized spacial score (nSPS) is 11.9. The molecule has 188 valence electrons. The molecule has 0 bridgehead atoms. The summed E-state index contributed by atoms with van der Waals surface area (Å²) >= 11 is 5.78. The van der Waals surface area contributed by atoms with Crippen LogP contribution in [-0.4, -0.2) is 25.5 Å². The number of ether oxygens (including phenoxy) is 1. The Balaban J connectivity index is 1.76. The van der Waals surface area contributed by atoms with Crippen LogP contribution in [-0.2, 0) is 15.6 Å². The zero-order valence-electron chi connectivity index (χ0n) is 18.0. The number of hydrogen-bond acceptors (Lipinski definition) is 7. The first kappa shape index (κ1) is 26.7. The third kappa shape index (κ3) is 7.30. The second-order valence-electron chi connectivity index (χ2n) is 7.23. The van der Waals surface area contributed by atoms with E-state index in [4.69, 9.17) is 11.6 Å². The highest BCUT2D eigenvalue weighted by molar-refractivity contribution is 7.90. The minimum atomic E-state index is -4.82. The molecule has 0 aliphatic carbocycles. The van der Waals surface area contributed by atoms with Crippen LogP contribution in [0.5, 0.6) is 5.75 Å². The molecule has 13 heteroatoms. The molecular formula is C23H16ClF3N2O6S. The van der Waals surface area contributed by atoms with Gasteiger partial charge in [-0.1, -0.05) is 11.6 Å². The Hall–Kier alpha value is -3.90. The van der Waals surface area contributed by atoms with Crippen LogP contribution in [0.3, 0.4) is 0 Å². The highest BCUT2D eigenvalue weighted by Gasteiger charge is 2.31. The number of rotatable bonds is 9. The van der Waals surface area contributed by atoms with Gasteiger partial charge in [-0.05, 0) is 60.7 Å². The number of allylic oxidation sites excluding steroid dienone is 1. The number of nitro benzene ring substituents is 1. The lowest BCUT2D eigenvalue weighted by molar-refractivity contribution is -0.385. The predicted molar refractivity (Wildman–Crippen MR) is 126 cm³/mol. The predicted octanol–water partition coefficient (Wildman–Crippen LogP) is 5.93. The van der Waals surface area contributed by atoms with Gasteiger partial charge in [-0.2, -0.15) is 0 Å². The van der Waals surface area contributed by atoms with Crippen molar-refractivity contribution in [1.82, 2.24) is 0 Å². The maximum absolute atomic E-state index is 12.8. The van der Waals surface area contributed by atoms with E-state index >= 15 is 0 Å². The summed E-state index contributed by atoms with van der Waals surface area (Å²) in [6.45, 7) is 0. The van der Waals surface area contributed by atoms with Crippen molar-refractivity contribution in [3.8, 4) is 5.75 Å². The van der Waals surface area contributed by atoms with Crippen LogP contribution in [0.25, 0.3) is 0 Å². The summed E-state index contributed by atoms with van der Waals surface area (Å²) in [4.78, 5) is 23.1. The van der Waals surface area contributed by atoms with Gasteiger partial charge in [-0.3, -0.25) is 14.9 Å². The second kappa shape index (κ2) is 10.8. The lowest BCUT2D eigenvalue weighted by Gasteiger charge is -2.09. The standard InChI is InChI=1S/C23H16ClF3N2O6S/c24-17-2-8-20(9-3-17)36(33,34)14-16-13-15(1-10-21(16)29(31)32)22(30)11-12-28-18-4-6-19(7-5-18)35-23(25,26)27/h1-13,28H,14H2/b12-11+. The van der Waals surface area contributed by atoms with E-state index in [1.165, 1.54) is 48.7 Å².